The van der Waals surface area contributed by atoms with Crippen LogP contribution in [0.1, 0.15) is 72.1 Å². The second kappa shape index (κ2) is 8.53. The average molecular weight is 296 g/mol. The number of hydrogen-bond donors (Lipinski definition) is 0. The first kappa shape index (κ1) is 17.3. The summed E-state index contributed by atoms with van der Waals surface area (Å²) in [6.45, 7) is 7.98. The Morgan fingerprint density at radius 1 is 0.810 bits per heavy atom. The third-order valence-corrected chi connectivity index (χ3v) is 6.25. The third kappa shape index (κ3) is 4.69. The first-order valence-corrected chi connectivity index (χ1v) is 9.30. The maximum Gasteiger partial charge on any atom is 0.0605 e. The minimum atomic E-state index is 0.435. The monoisotopic (exact) mass is 296 g/mol. The lowest BCUT2D eigenvalue weighted by molar-refractivity contribution is -0.0889. The smallest absolute Gasteiger partial charge is 0.0605 e. The fourth-order valence-electron chi connectivity index (χ4n) is 4.45. The highest BCUT2D eigenvalue weighted by Gasteiger charge is 2.35. The van der Waals surface area contributed by atoms with Crippen LogP contribution < -0.4 is 0 Å². The summed E-state index contributed by atoms with van der Waals surface area (Å²) < 4.78 is 11.9. The molecule has 2 saturated carbocycles. The van der Waals surface area contributed by atoms with Crippen molar-refractivity contribution < 1.29 is 9.47 Å². The minimum Gasteiger partial charge on any atom is -0.381 e. The van der Waals surface area contributed by atoms with Gasteiger partial charge in [-0.1, -0.05) is 46.5 Å². The zero-order valence-corrected chi connectivity index (χ0v) is 14.6. The lowest BCUT2D eigenvalue weighted by atomic mass is 9.77. The molecule has 0 N–H and O–H groups in total. The molecule has 124 valence electrons. The first-order valence-electron chi connectivity index (χ1n) is 9.30. The summed E-state index contributed by atoms with van der Waals surface area (Å²) >= 11 is 0. The number of rotatable bonds is 6. The molecule has 2 aliphatic rings. The van der Waals surface area contributed by atoms with E-state index in [1.165, 1.54) is 44.9 Å². The Morgan fingerprint density at radius 3 is 2.00 bits per heavy atom. The summed E-state index contributed by atoms with van der Waals surface area (Å²) in [4.78, 5) is 0. The molecule has 2 fully saturated rings. The maximum absolute atomic E-state index is 6.34. The van der Waals surface area contributed by atoms with Crippen molar-refractivity contribution >= 4 is 0 Å². The molecule has 0 radical (unpaired) electrons. The van der Waals surface area contributed by atoms with Crippen molar-refractivity contribution in [1.82, 2.24) is 0 Å². The van der Waals surface area contributed by atoms with Crippen molar-refractivity contribution in [2.75, 3.05) is 13.7 Å². The predicted octanol–water partition coefficient (Wildman–Crippen LogP) is 5.06. The van der Waals surface area contributed by atoms with Gasteiger partial charge in [0.15, 0.2) is 0 Å². The Morgan fingerprint density at radius 2 is 1.38 bits per heavy atom. The van der Waals surface area contributed by atoms with Gasteiger partial charge in [-0.2, -0.15) is 0 Å². The number of methoxy groups -OCH3 is 1. The third-order valence-electron chi connectivity index (χ3n) is 6.25. The van der Waals surface area contributed by atoms with Gasteiger partial charge in [0, 0.05) is 13.7 Å². The van der Waals surface area contributed by atoms with E-state index in [1.54, 1.807) is 0 Å². The van der Waals surface area contributed by atoms with Crippen LogP contribution in [0.25, 0.3) is 0 Å². The highest BCUT2D eigenvalue weighted by atomic mass is 16.5. The summed E-state index contributed by atoms with van der Waals surface area (Å²) in [7, 11) is 1.85. The minimum absolute atomic E-state index is 0.435. The molecule has 2 aliphatic carbocycles. The van der Waals surface area contributed by atoms with Crippen molar-refractivity contribution in [2.45, 2.75) is 84.3 Å². The second-order valence-corrected chi connectivity index (χ2v) is 7.62. The number of ether oxygens (including phenoxy) is 2. The molecule has 0 saturated heterocycles. The fourth-order valence-corrected chi connectivity index (χ4v) is 4.45. The fraction of sp³-hybridized carbons (Fsp3) is 1.00. The summed E-state index contributed by atoms with van der Waals surface area (Å²) in [5.74, 6) is 3.07. The van der Waals surface area contributed by atoms with E-state index in [9.17, 15) is 0 Å². The molecule has 0 aromatic rings. The van der Waals surface area contributed by atoms with E-state index in [0.29, 0.717) is 24.0 Å². The normalized spacial score (nSPS) is 41.1. The van der Waals surface area contributed by atoms with E-state index in [-0.39, 0.29) is 0 Å². The molecule has 0 bridgehead atoms. The highest BCUT2D eigenvalue weighted by Crippen LogP contribution is 2.35. The average Bonchev–Trinajstić information content (AvgIpc) is 2.50. The van der Waals surface area contributed by atoms with Crippen LogP contribution in [-0.2, 0) is 9.47 Å². The van der Waals surface area contributed by atoms with Crippen LogP contribution >= 0.6 is 0 Å². The zero-order valence-electron chi connectivity index (χ0n) is 14.6. The lowest BCUT2D eigenvalue weighted by Gasteiger charge is -2.40. The SMILES string of the molecule is CCCC1CCC(COC2CCC(OC)C(C)C2C)CC1. The Hall–Kier alpha value is -0.0800. The van der Waals surface area contributed by atoms with E-state index >= 15 is 0 Å². The van der Waals surface area contributed by atoms with Crippen LogP contribution in [0, 0.1) is 23.7 Å². The summed E-state index contributed by atoms with van der Waals surface area (Å²) in [5.41, 5.74) is 0. The van der Waals surface area contributed by atoms with Crippen LogP contribution in [-0.4, -0.2) is 25.9 Å². The zero-order chi connectivity index (χ0) is 15.2. The predicted molar refractivity (Wildman–Crippen MR) is 88.5 cm³/mol. The Kier molecular flexibility index (Phi) is 7.01. The Balaban J connectivity index is 1.69. The van der Waals surface area contributed by atoms with E-state index in [1.807, 2.05) is 7.11 Å². The summed E-state index contributed by atoms with van der Waals surface area (Å²) in [6, 6.07) is 0. The van der Waals surface area contributed by atoms with Gasteiger partial charge in [0.25, 0.3) is 0 Å². The molecule has 0 amide bonds. The molecule has 0 spiro atoms. The van der Waals surface area contributed by atoms with E-state index < -0.39 is 0 Å². The number of hydrogen-bond acceptors (Lipinski definition) is 2. The lowest BCUT2D eigenvalue weighted by Crippen LogP contribution is -2.40. The summed E-state index contributed by atoms with van der Waals surface area (Å²) in [5, 5.41) is 0. The van der Waals surface area contributed by atoms with Crippen molar-refractivity contribution in [3.05, 3.63) is 0 Å². The van der Waals surface area contributed by atoms with E-state index in [2.05, 4.69) is 20.8 Å². The van der Waals surface area contributed by atoms with Gasteiger partial charge in [0.2, 0.25) is 0 Å². The van der Waals surface area contributed by atoms with Crippen LogP contribution in [0.15, 0.2) is 0 Å². The Bertz CT molecular complexity index is 283. The van der Waals surface area contributed by atoms with Crippen molar-refractivity contribution in [3.8, 4) is 0 Å². The molecule has 21 heavy (non-hydrogen) atoms. The molecule has 2 heteroatoms. The largest absolute Gasteiger partial charge is 0.381 e. The second-order valence-electron chi connectivity index (χ2n) is 7.62. The first-order chi connectivity index (χ1) is 10.2. The van der Waals surface area contributed by atoms with Gasteiger partial charge in [0.05, 0.1) is 12.2 Å². The van der Waals surface area contributed by atoms with Gasteiger partial charge in [0.1, 0.15) is 0 Å². The van der Waals surface area contributed by atoms with Crippen molar-refractivity contribution in [3.63, 3.8) is 0 Å². The quantitative estimate of drug-likeness (QED) is 0.682. The van der Waals surface area contributed by atoms with Crippen LogP contribution in [0.3, 0.4) is 0 Å². The van der Waals surface area contributed by atoms with Crippen LogP contribution in [0.2, 0.25) is 0 Å². The molecular formula is C19H36O2. The van der Waals surface area contributed by atoms with Gasteiger partial charge in [-0.15, -0.1) is 0 Å². The molecular weight excluding hydrogens is 260 g/mol. The van der Waals surface area contributed by atoms with E-state index in [4.69, 9.17) is 9.47 Å². The van der Waals surface area contributed by atoms with Crippen molar-refractivity contribution in [1.29, 1.82) is 0 Å². The maximum atomic E-state index is 6.34. The molecule has 0 aromatic heterocycles. The molecule has 0 aliphatic heterocycles. The molecule has 0 heterocycles. The molecule has 4 atom stereocenters. The molecule has 2 nitrogen and oxygen atoms in total. The summed E-state index contributed by atoms with van der Waals surface area (Å²) in [6.07, 6.45) is 11.7. The van der Waals surface area contributed by atoms with Crippen molar-refractivity contribution in [2.24, 2.45) is 23.7 Å². The molecule has 0 aromatic carbocycles. The van der Waals surface area contributed by atoms with Gasteiger partial charge < -0.3 is 9.47 Å². The van der Waals surface area contributed by atoms with Crippen LogP contribution in [0.5, 0.6) is 0 Å². The van der Waals surface area contributed by atoms with Crippen LogP contribution in [0.4, 0.5) is 0 Å². The topological polar surface area (TPSA) is 18.5 Å². The standard InChI is InChI=1S/C19H36O2/c1-5-6-16-7-9-17(10-8-16)13-21-19-12-11-18(20-4)14(2)15(19)3/h14-19H,5-13H2,1-4H3. The van der Waals surface area contributed by atoms with Gasteiger partial charge in [-0.3, -0.25) is 0 Å². The Labute approximate surface area is 132 Å². The molecule has 2 rings (SSSR count). The van der Waals surface area contributed by atoms with E-state index in [0.717, 1.165) is 24.9 Å². The molecule has 4 unspecified atom stereocenters. The van der Waals surface area contributed by atoms with Gasteiger partial charge in [-0.25, -0.2) is 0 Å². The van der Waals surface area contributed by atoms with Gasteiger partial charge in [-0.05, 0) is 49.4 Å². The highest BCUT2D eigenvalue weighted by molar-refractivity contribution is 4.84. The van der Waals surface area contributed by atoms with Gasteiger partial charge >= 0.3 is 0 Å².